The number of halogens is 4. The van der Waals surface area contributed by atoms with E-state index in [1.54, 1.807) is 0 Å². The maximum atomic E-state index is 2.12. The van der Waals surface area contributed by atoms with Gasteiger partial charge >= 0.3 is 84.5 Å². The van der Waals surface area contributed by atoms with E-state index < -0.39 is 0 Å². The van der Waals surface area contributed by atoms with Crippen LogP contribution >= 0.6 is 95.9 Å². The normalized spacial score (nSPS) is 7.76. The van der Waals surface area contributed by atoms with Crippen LogP contribution in [0.25, 0.3) is 0 Å². The first-order chi connectivity index (χ1) is 6.45. The average molecular weight is 729 g/mol. The molecule has 2 aromatic rings. The summed E-state index contributed by atoms with van der Waals surface area (Å²) in [7, 11) is 0. The fourth-order valence-corrected chi connectivity index (χ4v) is 1.99. The molecule has 0 fully saturated rings. The third-order valence-corrected chi connectivity index (χ3v) is 2.76. The molecule has 101 valence electrons. The fraction of sp³-hybridized carbons (Fsp3) is 0. The zero-order valence-corrected chi connectivity index (χ0v) is 19.0. The zero-order valence-electron chi connectivity index (χ0n) is 8.71. The Morgan fingerprint density at radius 1 is 0.471 bits per heavy atom. The van der Waals surface area contributed by atoms with Crippen molar-refractivity contribution in [2.75, 3.05) is 0 Å². The predicted molar refractivity (Wildman–Crippen MR) is 114 cm³/mol. The van der Waals surface area contributed by atoms with E-state index in [1.165, 1.54) is 8.92 Å². The fourth-order valence-electron chi connectivity index (χ4n) is 1.00. The standard InChI is InChI=1S/2C6H5.Cu.4HI/c2*1-2-4-6-5-3-1;;;;;/h2*1-5H;;4*1H. The average Bonchev–Trinajstić information content (AvgIpc) is 2.21. The summed E-state index contributed by atoms with van der Waals surface area (Å²) in [5.74, 6) is 0. The Morgan fingerprint density at radius 3 is 1.06 bits per heavy atom. The monoisotopic (exact) mass is 729 g/mol. The van der Waals surface area contributed by atoms with E-state index in [9.17, 15) is 0 Å². The molecule has 0 amide bonds. The van der Waals surface area contributed by atoms with E-state index in [0.717, 1.165) is 0 Å². The van der Waals surface area contributed by atoms with Crippen LogP contribution in [0.15, 0.2) is 60.7 Å². The topological polar surface area (TPSA) is 0 Å². The van der Waals surface area contributed by atoms with Crippen molar-refractivity contribution in [2.45, 2.75) is 0 Å². The Kier molecular flexibility index (Phi) is 20.1. The second-order valence-electron chi connectivity index (χ2n) is 2.58. The summed E-state index contributed by atoms with van der Waals surface area (Å²) in [6.45, 7) is 0. The van der Waals surface area contributed by atoms with Crippen LogP contribution in [0.4, 0.5) is 0 Å². The third-order valence-electron chi connectivity index (χ3n) is 1.59. The van der Waals surface area contributed by atoms with Crippen molar-refractivity contribution in [3.63, 3.8) is 0 Å². The molecule has 0 atom stereocenters. The SMILES string of the molecule is I.I.I.I.c1cc[c]([Cu][c]2ccccc2)cc1. The van der Waals surface area contributed by atoms with Gasteiger partial charge in [0.05, 0.1) is 0 Å². The summed E-state index contributed by atoms with van der Waals surface area (Å²) in [6, 6.07) is 20.8. The summed E-state index contributed by atoms with van der Waals surface area (Å²) >= 11 is 1.88. The zero-order chi connectivity index (χ0) is 8.93. The molecule has 0 nitrogen and oxygen atoms in total. The molecule has 0 bridgehead atoms. The summed E-state index contributed by atoms with van der Waals surface area (Å²) < 4.78 is 2.55. The second kappa shape index (κ2) is 14.3. The van der Waals surface area contributed by atoms with Gasteiger partial charge in [-0.2, -0.15) is 0 Å². The van der Waals surface area contributed by atoms with E-state index in [4.69, 9.17) is 0 Å². The van der Waals surface area contributed by atoms with Gasteiger partial charge in [-0.15, -0.1) is 95.9 Å². The molecule has 0 saturated heterocycles. The molecule has 2 aromatic carbocycles. The van der Waals surface area contributed by atoms with Crippen LogP contribution in [0.1, 0.15) is 0 Å². The molecule has 0 aliphatic carbocycles. The van der Waals surface area contributed by atoms with Crippen molar-refractivity contribution in [2.24, 2.45) is 0 Å². The molecule has 0 aliphatic heterocycles. The first kappa shape index (κ1) is 23.9. The Morgan fingerprint density at radius 2 is 0.765 bits per heavy atom. The van der Waals surface area contributed by atoms with Gasteiger partial charge in [0.15, 0.2) is 0 Å². The van der Waals surface area contributed by atoms with Crippen LogP contribution < -0.4 is 8.92 Å². The summed E-state index contributed by atoms with van der Waals surface area (Å²) in [6.07, 6.45) is 0. The molecular weight excluding hydrogens is 715 g/mol. The van der Waals surface area contributed by atoms with Crippen LogP contribution in [0, 0.1) is 0 Å². The first-order valence-electron chi connectivity index (χ1n) is 4.12. The quantitative estimate of drug-likeness (QED) is 0.322. The molecule has 0 aromatic heterocycles. The van der Waals surface area contributed by atoms with Gasteiger partial charge in [-0.1, -0.05) is 0 Å². The molecule has 17 heavy (non-hydrogen) atoms. The summed E-state index contributed by atoms with van der Waals surface area (Å²) in [5.41, 5.74) is 0. The Balaban J connectivity index is -0.000000490. The van der Waals surface area contributed by atoms with Crippen molar-refractivity contribution in [1.82, 2.24) is 0 Å². The Bertz CT molecular complexity index is 329. The summed E-state index contributed by atoms with van der Waals surface area (Å²) in [4.78, 5) is 0. The number of hydrogen-bond acceptors (Lipinski definition) is 0. The van der Waals surface area contributed by atoms with Crippen molar-refractivity contribution < 1.29 is 15.0 Å². The van der Waals surface area contributed by atoms with E-state index >= 15 is 0 Å². The van der Waals surface area contributed by atoms with Crippen molar-refractivity contribution in [1.29, 1.82) is 0 Å². The molecule has 0 N–H and O–H groups in total. The molecule has 0 radical (unpaired) electrons. The molecule has 2 rings (SSSR count). The predicted octanol–water partition coefficient (Wildman–Crippen LogP) is 4.19. The molecule has 0 unspecified atom stereocenters. The van der Waals surface area contributed by atoms with Gasteiger partial charge in [0.2, 0.25) is 0 Å². The van der Waals surface area contributed by atoms with E-state index in [2.05, 4.69) is 48.5 Å². The van der Waals surface area contributed by atoms with Gasteiger partial charge in [-0.05, 0) is 0 Å². The van der Waals surface area contributed by atoms with Gasteiger partial charge < -0.3 is 0 Å². The minimum absolute atomic E-state index is 0. The third kappa shape index (κ3) is 9.42. The molecule has 0 saturated carbocycles. The number of hydrogen-bond donors (Lipinski definition) is 0. The van der Waals surface area contributed by atoms with Crippen molar-refractivity contribution in [3.05, 3.63) is 60.7 Å². The van der Waals surface area contributed by atoms with Crippen LogP contribution in [-0.2, 0) is 15.0 Å². The van der Waals surface area contributed by atoms with Gasteiger partial charge in [0, 0.05) is 0 Å². The first-order valence-corrected chi connectivity index (χ1v) is 5.06. The number of benzene rings is 2. The molecular formula is C12H14CuI4. The molecule has 0 spiro atoms. The van der Waals surface area contributed by atoms with Crippen LogP contribution in [0.3, 0.4) is 0 Å². The molecule has 0 heterocycles. The minimum atomic E-state index is 0. The summed E-state index contributed by atoms with van der Waals surface area (Å²) in [5, 5.41) is 0. The van der Waals surface area contributed by atoms with Gasteiger partial charge in [0.25, 0.3) is 0 Å². The van der Waals surface area contributed by atoms with Crippen LogP contribution in [0.5, 0.6) is 0 Å². The van der Waals surface area contributed by atoms with Crippen LogP contribution in [0.2, 0.25) is 0 Å². The van der Waals surface area contributed by atoms with Crippen LogP contribution in [-0.4, -0.2) is 0 Å². The van der Waals surface area contributed by atoms with Gasteiger partial charge in [-0.3, -0.25) is 0 Å². The maximum absolute atomic E-state index is 2.12. The van der Waals surface area contributed by atoms with E-state index in [1.807, 2.05) is 27.1 Å². The van der Waals surface area contributed by atoms with Gasteiger partial charge in [-0.25, -0.2) is 0 Å². The number of rotatable bonds is 2. The van der Waals surface area contributed by atoms with E-state index in [-0.39, 0.29) is 95.9 Å². The van der Waals surface area contributed by atoms with Crippen molar-refractivity contribution in [3.8, 4) is 0 Å². The molecule has 5 heteroatoms. The second-order valence-corrected chi connectivity index (χ2v) is 3.90. The van der Waals surface area contributed by atoms with Crippen molar-refractivity contribution >= 4 is 105 Å². The van der Waals surface area contributed by atoms with Gasteiger partial charge in [0.1, 0.15) is 0 Å². The Hall–Kier alpha value is 1.88. The Labute approximate surface area is 177 Å². The van der Waals surface area contributed by atoms with E-state index in [0.29, 0.717) is 0 Å². The molecule has 0 aliphatic rings.